The predicted octanol–water partition coefficient (Wildman–Crippen LogP) is 7.57. The second-order valence-electron chi connectivity index (χ2n) is 13.8. The standard InChI is InChI=1S/C42H42N4O8S3/c1-50-32-14-11-29(12-15-32)26-52-40-23-31(45-17-19-51-20-18-45)22-34(44-40)33-9-6-10-38-41(33)56-37-16-13-30(21-39(37)55-38)43-35-24-46(25-36(35)54-57(2,48)49)42(47)53-27-28-7-4-3-5-8-28/h3-16,21-23,35-36,43H,17-20,24-27H2,1-2H3. The molecular formula is C42H42N4O8S3. The van der Waals surface area contributed by atoms with Gasteiger partial charge in [0.05, 0.1) is 44.9 Å². The van der Waals surface area contributed by atoms with Gasteiger partial charge in [-0.3, -0.25) is 4.18 Å². The van der Waals surface area contributed by atoms with Crippen molar-refractivity contribution in [3.05, 3.63) is 114 Å². The van der Waals surface area contributed by atoms with Crippen molar-refractivity contribution in [2.75, 3.05) is 63.0 Å². The summed E-state index contributed by atoms with van der Waals surface area (Å²) in [6.07, 6.45) is -0.309. The lowest BCUT2D eigenvalue weighted by molar-refractivity contribution is 0.0995. The van der Waals surface area contributed by atoms with E-state index in [1.165, 1.54) is 4.90 Å². The summed E-state index contributed by atoms with van der Waals surface area (Å²) in [6, 6.07) is 33.2. The lowest BCUT2D eigenvalue weighted by atomic mass is 10.1. The van der Waals surface area contributed by atoms with Gasteiger partial charge in [0.15, 0.2) is 0 Å². The number of nitrogens with one attached hydrogen (secondary N) is 1. The Morgan fingerprint density at radius 3 is 2.42 bits per heavy atom. The fraction of sp³-hybridized carbons (Fsp3) is 0.286. The van der Waals surface area contributed by atoms with Crippen molar-refractivity contribution in [2.24, 2.45) is 0 Å². The molecule has 0 bridgehead atoms. The number of likely N-dealkylation sites (tertiary alicyclic amines) is 1. The zero-order valence-corrected chi connectivity index (χ0v) is 33.9. The Bertz CT molecular complexity index is 2330. The average molecular weight is 827 g/mol. The molecule has 2 unspecified atom stereocenters. The number of benzene rings is 4. The number of methoxy groups -OCH3 is 1. The maximum Gasteiger partial charge on any atom is 0.410 e. The van der Waals surface area contributed by atoms with Crippen LogP contribution >= 0.6 is 23.5 Å². The molecule has 2 fully saturated rings. The molecule has 0 radical (unpaired) electrons. The van der Waals surface area contributed by atoms with Crippen LogP contribution in [0.1, 0.15) is 11.1 Å². The second-order valence-corrected chi connectivity index (χ2v) is 17.6. The molecule has 0 saturated carbocycles. The van der Waals surface area contributed by atoms with Crippen molar-refractivity contribution in [1.29, 1.82) is 0 Å². The van der Waals surface area contributed by atoms with Gasteiger partial charge in [-0.05, 0) is 53.6 Å². The number of carbonyl (C=O) groups excluding carboxylic acids is 1. The molecule has 3 aliphatic rings. The number of anilines is 2. The Balaban J connectivity index is 1.00. The van der Waals surface area contributed by atoms with Crippen molar-refractivity contribution in [1.82, 2.24) is 9.88 Å². The molecule has 1 N–H and O–H groups in total. The highest BCUT2D eigenvalue weighted by Gasteiger charge is 2.39. The number of hydrogen-bond acceptors (Lipinski definition) is 13. The van der Waals surface area contributed by atoms with Crippen LogP contribution in [0.25, 0.3) is 11.3 Å². The first-order valence-electron chi connectivity index (χ1n) is 18.5. The first kappa shape index (κ1) is 38.9. The number of morpholine rings is 1. The van der Waals surface area contributed by atoms with E-state index in [4.69, 9.17) is 28.1 Å². The molecule has 0 spiro atoms. The highest BCUT2D eigenvalue weighted by molar-refractivity contribution is 8.05. The summed E-state index contributed by atoms with van der Waals surface area (Å²) in [5, 5.41) is 3.45. The Morgan fingerprint density at radius 1 is 0.860 bits per heavy atom. The summed E-state index contributed by atoms with van der Waals surface area (Å²) in [6.45, 7) is 3.63. The number of nitrogens with zero attached hydrogens (tertiary/aromatic N) is 3. The molecule has 4 heterocycles. The zero-order valence-electron chi connectivity index (χ0n) is 31.5. The first-order chi connectivity index (χ1) is 27.7. The van der Waals surface area contributed by atoms with Gasteiger partial charge in [-0.25, -0.2) is 9.78 Å². The van der Waals surface area contributed by atoms with Crippen LogP contribution in [0.4, 0.5) is 16.2 Å². The lowest BCUT2D eigenvalue weighted by Crippen LogP contribution is -2.36. The van der Waals surface area contributed by atoms with E-state index >= 15 is 0 Å². The van der Waals surface area contributed by atoms with E-state index in [0.717, 1.165) is 78.4 Å². The van der Waals surface area contributed by atoms with Crippen LogP contribution in [0.2, 0.25) is 0 Å². The Hall–Kier alpha value is -4.93. The third-order valence-corrected chi connectivity index (χ3v) is 12.9. The SMILES string of the molecule is COc1ccc(COc2cc(N3CCOCC3)cc(-c3cccc4c3Sc3ccc(NC5CN(C(=O)OCc6ccccc6)CC5OS(C)(=O)=O)cc3S4)n2)cc1. The van der Waals surface area contributed by atoms with Crippen LogP contribution in [-0.4, -0.2) is 89.3 Å². The molecule has 15 heteroatoms. The molecule has 0 aliphatic carbocycles. The fourth-order valence-electron chi connectivity index (χ4n) is 6.89. The maximum atomic E-state index is 13.0. The van der Waals surface area contributed by atoms with Crippen LogP contribution in [0.3, 0.4) is 0 Å². The largest absolute Gasteiger partial charge is 0.497 e. The fourth-order valence-corrected chi connectivity index (χ4v) is 9.94. The van der Waals surface area contributed by atoms with E-state index in [1.807, 2.05) is 72.8 Å². The maximum absolute atomic E-state index is 13.0. The number of pyridine rings is 1. The van der Waals surface area contributed by atoms with E-state index in [1.54, 1.807) is 30.6 Å². The van der Waals surface area contributed by atoms with Gasteiger partial charge >= 0.3 is 6.09 Å². The zero-order chi connectivity index (χ0) is 39.4. The molecule has 4 aromatic carbocycles. The molecular weight excluding hydrogens is 785 g/mol. The van der Waals surface area contributed by atoms with Crippen LogP contribution < -0.4 is 19.7 Å². The quantitative estimate of drug-likeness (QED) is 0.122. The summed E-state index contributed by atoms with van der Waals surface area (Å²) >= 11 is 3.35. The smallest absolute Gasteiger partial charge is 0.410 e. The monoisotopic (exact) mass is 826 g/mol. The van der Waals surface area contributed by atoms with Crippen molar-refractivity contribution in [3.8, 4) is 22.9 Å². The summed E-state index contributed by atoms with van der Waals surface area (Å²) in [7, 11) is -2.14. The van der Waals surface area contributed by atoms with Gasteiger partial charge in [0.1, 0.15) is 25.1 Å². The average Bonchev–Trinajstić information content (AvgIpc) is 3.62. The van der Waals surface area contributed by atoms with Gasteiger partial charge in [-0.1, -0.05) is 78.1 Å². The number of hydrogen-bond donors (Lipinski definition) is 1. The number of carbonyl (C=O) groups is 1. The van der Waals surface area contributed by atoms with Gasteiger partial charge in [-0.2, -0.15) is 8.42 Å². The van der Waals surface area contributed by atoms with Gasteiger partial charge in [-0.15, -0.1) is 0 Å². The van der Waals surface area contributed by atoms with Gasteiger partial charge in [0, 0.05) is 62.2 Å². The summed E-state index contributed by atoms with van der Waals surface area (Å²) < 4.78 is 52.7. The minimum Gasteiger partial charge on any atom is -0.497 e. The molecule has 12 nitrogen and oxygen atoms in total. The highest BCUT2D eigenvalue weighted by Crippen LogP contribution is 2.52. The first-order valence-corrected chi connectivity index (χ1v) is 22.0. The van der Waals surface area contributed by atoms with Gasteiger partial charge in [0.2, 0.25) is 5.88 Å². The van der Waals surface area contributed by atoms with Gasteiger partial charge in [0.25, 0.3) is 10.1 Å². The predicted molar refractivity (Wildman–Crippen MR) is 220 cm³/mol. The summed E-state index contributed by atoms with van der Waals surface area (Å²) in [5.74, 6) is 1.33. The van der Waals surface area contributed by atoms with Crippen LogP contribution in [-0.2, 0) is 37.0 Å². The minimum atomic E-state index is -3.79. The Morgan fingerprint density at radius 2 is 1.65 bits per heavy atom. The number of amides is 1. The van der Waals surface area contributed by atoms with E-state index in [0.29, 0.717) is 25.7 Å². The topological polar surface area (TPSA) is 129 Å². The third kappa shape index (κ3) is 9.62. The summed E-state index contributed by atoms with van der Waals surface area (Å²) in [4.78, 5) is 26.2. The molecule has 2 saturated heterocycles. The van der Waals surface area contributed by atoms with Crippen molar-refractivity contribution in [3.63, 3.8) is 0 Å². The third-order valence-electron chi connectivity index (χ3n) is 9.72. The molecule has 2 atom stereocenters. The molecule has 296 valence electrons. The molecule has 8 rings (SSSR count). The molecule has 1 amide bonds. The van der Waals surface area contributed by atoms with Gasteiger partial charge < -0.3 is 34.1 Å². The molecule has 1 aromatic heterocycles. The normalized spacial score (nSPS) is 17.7. The number of aromatic nitrogens is 1. The Labute approximate surface area is 340 Å². The van der Waals surface area contributed by atoms with Crippen molar-refractivity contribution in [2.45, 2.75) is 44.9 Å². The Kier molecular flexibility index (Phi) is 11.8. The molecule has 3 aliphatic heterocycles. The lowest BCUT2D eigenvalue weighted by Gasteiger charge is -2.29. The highest BCUT2D eigenvalue weighted by atomic mass is 32.2. The van der Waals surface area contributed by atoms with Crippen molar-refractivity contribution < 1.29 is 36.3 Å². The van der Waals surface area contributed by atoms with E-state index in [-0.39, 0.29) is 19.7 Å². The number of fused-ring (bicyclic) bond motifs is 2. The van der Waals surface area contributed by atoms with Crippen LogP contribution in [0, 0.1) is 0 Å². The van der Waals surface area contributed by atoms with Crippen molar-refractivity contribution >= 4 is 51.1 Å². The number of ether oxygens (including phenoxy) is 4. The van der Waals surface area contributed by atoms with Crippen LogP contribution in [0.5, 0.6) is 11.6 Å². The van der Waals surface area contributed by atoms with Crippen LogP contribution in [0.15, 0.2) is 123 Å². The summed E-state index contributed by atoms with van der Waals surface area (Å²) in [5.41, 5.74) is 5.51. The van der Waals surface area contributed by atoms with E-state index < -0.39 is 28.4 Å². The second kappa shape index (κ2) is 17.3. The number of rotatable bonds is 12. The molecule has 5 aromatic rings. The minimum absolute atomic E-state index is 0.0685. The van der Waals surface area contributed by atoms with E-state index in [2.05, 4.69) is 40.5 Å². The molecule has 57 heavy (non-hydrogen) atoms. The van der Waals surface area contributed by atoms with E-state index in [9.17, 15) is 13.2 Å².